The van der Waals surface area contributed by atoms with Crippen molar-refractivity contribution in [2.45, 2.75) is 32.8 Å². The van der Waals surface area contributed by atoms with E-state index in [1.807, 2.05) is 45.2 Å². The van der Waals surface area contributed by atoms with E-state index in [0.29, 0.717) is 31.6 Å². The van der Waals surface area contributed by atoms with Crippen LogP contribution in [0.5, 0.6) is 5.75 Å². The fourth-order valence-electron chi connectivity index (χ4n) is 5.66. The lowest BCUT2D eigenvalue weighted by atomic mass is 9.85. The Morgan fingerprint density at radius 3 is 2.41 bits per heavy atom. The summed E-state index contributed by atoms with van der Waals surface area (Å²) in [6.07, 6.45) is 2.80. The van der Waals surface area contributed by atoms with Crippen molar-refractivity contribution < 1.29 is 19.0 Å². The molecule has 0 atom stereocenters. The van der Waals surface area contributed by atoms with Gasteiger partial charge in [-0.1, -0.05) is 0 Å². The van der Waals surface area contributed by atoms with Crippen molar-refractivity contribution in [3.05, 3.63) is 42.6 Å². The molecule has 1 amide bonds. The lowest BCUT2D eigenvalue weighted by molar-refractivity contribution is -0.0985. The zero-order valence-electron chi connectivity index (χ0n) is 23.3. The number of carbonyl (C=O) groups excluding carboxylic acids is 1. The summed E-state index contributed by atoms with van der Waals surface area (Å²) in [5, 5.41) is 1.13. The summed E-state index contributed by atoms with van der Waals surface area (Å²) in [4.78, 5) is 28.7. The molecule has 39 heavy (non-hydrogen) atoms. The van der Waals surface area contributed by atoms with Gasteiger partial charge in [0.15, 0.2) is 0 Å². The SMILES string of the molecule is COc1ccc2c(N3CCC4(COC4)C3)cc(-c3ccc(N4CCN(C(=O)OC(C)(C)C)CC4)nc3)nc2c1. The molecule has 3 aromatic rings. The number of benzene rings is 1. The van der Waals surface area contributed by atoms with Gasteiger partial charge in [-0.15, -0.1) is 0 Å². The van der Waals surface area contributed by atoms with Crippen molar-refractivity contribution in [1.82, 2.24) is 14.9 Å². The number of rotatable bonds is 4. The Kier molecular flexibility index (Phi) is 6.49. The van der Waals surface area contributed by atoms with E-state index >= 15 is 0 Å². The van der Waals surface area contributed by atoms with Crippen LogP contribution in [-0.2, 0) is 9.47 Å². The maximum Gasteiger partial charge on any atom is 0.410 e. The van der Waals surface area contributed by atoms with Crippen LogP contribution in [0.3, 0.4) is 0 Å². The normalized spacial score (nSPS) is 18.9. The number of pyridine rings is 2. The Balaban J connectivity index is 1.22. The van der Waals surface area contributed by atoms with Crippen LogP contribution in [0.4, 0.5) is 16.3 Å². The summed E-state index contributed by atoms with van der Waals surface area (Å²) in [6, 6.07) is 12.5. The molecule has 6 rings (SSSR count). The molecule has 3 aliphatic rings. The lowest BCUT2D eigenvalue weighted by Crippen LogP contribution is -2.50. The van der Waals surface area contributed by atoms with Gasteiger partial charge in [0.05, 0.1) is 31.5 Å². The average Bonchev–Trinajstić information content (AvgIpc) is 3.38. The predicted molar refractivity (Wildman–Crippen MR) is 152 cm³/mol. The number of hydrogen-bond donors (Lipinski definition) is 0. The second-order valence-electron chi connectivity index (χ2n) is 11.9. The van der Waals surface area contributed by atoms with E-state index in [2.05, 4.69) is 28.0 Å². The molecular weight excluding hydrogens is 494 g/mol. The van der Waals surface area contributed by atoms with Crippen LogP contribution < -0.4 is 14.5 Å². The van der Waals surface area contributed by atoms with Crippen LogP contribution in [0.15, 0.2) is 42.6 Å². The Morgan fingerprint density at radius 1 is 1.00 bits per heavy atom. The van der Waals surface area contributed by atoms with Gasteiger partial charge in [-0.05, 0) is 57.5 Å². The van der Waals surface area contributed by atoms with Gasteiger partial charge in [0.2, 0.25) is 0 Å². The lowest BCUT2D eigenvalue weighted by Gasteiger charge is -2.38. The molecule has 1 aromatic carbocycles. The molecular formula is C30H37N5O4. The fraction of sp³-hybridized carbons (Fsp3) is 0.500. The van der Waals surface area contributed by atoms with Crippen molar-refractivity contribution in [2.24, 2.45) is 5.41 Å². The summed E-state index contributed by atoms with van der Waals surface area (Å²) in [7, 11) is 1.68. The average molecular weight is 532 g/mol. The van der Waals surface area contributed by atoms with Gasteiger partial charge in [0.1, 0.15) is 17.2 Å². The third kappa shape index (κ3) is 5.20. The summed E-state index contributed by atoms with van der Waals surface area (Å²) in [5.41, 5.74) is 3.77. The van der Waals surface area contributed by atoms with E-state index < -0.39 is 5.60 Å². The minimum atomic E-state index is -0.491. The summed E-state index contributed by atoms with van der Waals surface area (Å²) in [6.45, 7) is 12.0. The Labute approximate surface area is 229 Å². The smallest absolute Gasteiger partial charge is 0.410 e. The van der Waals surface area contributed by atoms with Gasteiger partial charge in [0, 0.05) is 73.6 Å². The van der Waals surface area contributed by atoms with Gasteiger partial charge < -0.3 is 28.9 Å². The molecule has 0 bridgehead atoms. The second-order valence-corrected chi connectivity index (χ2v) is 11.9. The van der Waals surface area contributed by atoms with E-state index in [0.717, 1.165) is 66.5 Å². The quantitative estimate of drug-likeness (QED) is 0.484. The van der Waals surface area contributed by atoms with Crippen molar-refractivity contribution in [3.63, 3.8) is 0 Å². The number of nitrogens with zero attached hydrogens (tertiary/aromatic N) is 5. The van der Waals surface area contributed by atoms with Gasteiger partial charge in [-0.2, -0.15) is 0 Å². The largest absolute Gasteiger partial charge is 0.497 e. The molecule has 5 heterocycles. The van der Waals surface area contributed by atoms with Crippen LogP contribution in [0.1, 0.15) is 27.2 Å². The van der Waals surface area contributed by atoms with E-state index in [-0.39, 0.29) is 6.09 Å². The van der Waals surface area contributed by atoms with E-state index in [1.165, 1.54) is 5.69 Å². The Morgan fingerprint density at radius 2 is 1.79 bits per heavy atom. The molecule has 0 saturated carbocycles. The fourth-order valence-corrected chi connectivity index (χ4v) is 5.66. The number of hydrogen-bond acceptors (Lipinski definition) is 8. The zero-order valence-corrected chi connectivity index (χ0v) is 23.3. The number of piperazine rings is 1. The summed E-state index contributed by atoms with van der Waals surface area (Å²) < 4.78 is 16.6. The minimum Gasteiger partial charge on any atom is -0.497 e. The number of aromatic nitrogens is 2. The molecule has 0 aliphatic carbocycles. The van der Waals surface area contributed by atoms with E-state index in [4.69, 9.17) is 24.2 Å². The number of amides is 1. The van der Waals surface area contributed by atoms with Crippen LogP contribution in [0.25, 0.3) is 22.2 Å². The highest BCUT2D eigenvalue weighted by atomic mass is 16.6. The molecule has 206 valence electrons. The summed E-state index contributed by atoms with van der Waals surface area (Å²) >= 11 is 0. The molecule has 9 nitrogen and oxygen atoms in total. The molecule has 0 N–H and O–H groups in total. The highest BCUT2D eigenvalue weighted by Crippen LogP contribution is 2.42. The standard InChI is InChI=1S/C30H37N5O4/c1-29(2,3)39-28(36)34-13-11-33(12-14-34)27-8-5-21(17-31-27)24-16-26(35-10-9-30(18-35)19-38-20-30)23-7-6-22(37-4)15-25(23)32-24/h5-8,15-17H,9-14,18-20H2,1-4H3. The van der Waals surface area contributed by atoms with E-state index in [9.17, 15) is 4.79 Å². The number of carbonyl (C=O) groups is 1. The van der Waals surface area contributed by atoms with Crippen LogP contribution in [0.2, 0.25) is 0 Å². The van der Waals surface area contributed by atoms with Crippen molar-refractivity contribution in [3.8, 4) is 17.0 Å². The third-order valence-corrected chi connectivity index (χ3v) is 7.89. The molecule has 9 heteroatoms. The topological polar surface area (TPSA) is 80.3 Å². The molecule has 0 radical (unpaired) electrons. The Bertz CT molecular complexity index is 1360. The van der Waals surface area contributed by atoms with Gasteiger partial charge in [-0.25, -0.2) is 14.8 Å². The second kappa shape index (κ2) is 9.86. The third-order valence-electron chi connectivity index (χ3n) is 7.89. The van der Waals surface area contributed by atoms with Crippen molar-refractivity contribution in [2.75, 3.05) is 69.4 Å². The minimum absolute atomic E-state index is 0.256. The molecule has 3 saturated heterocycles. The maximum atomic E-state index is 12.4. The first-order valence-corrected chi connectivity index (χ1v) is 13.7. The van der Waals surface area contributed by atoms with E-state index in [1.54, 1.807) is 12.0 Å². The molecule has 1 spiro atoms. The molecule has 3 aliphatic heterocycles. The van der Waals surface area contributed by atoms with Crippen LogP contribution in [0, 0.1) is 5.41 Å². The first-order chi connectivity index (χ1) is 18.7. The number of methoxy groups -OCH3 is 1. The highest BCUT2D eigenvalue weighted by molar-refractivity contribution is 5.95. The first kappa shape index (κ1) is 25.7. The van der Waals surface area contributed by atoms with Crippen LogP contribution >= 0.6 is 0 Å². The number of fused-ring (bicyclic) bond motifs is 1. The molecule has 0 unspecified atom stereocenters. The maximum absolute atomic E-state index is 12.4. The van der Waals surface area contributed by atoms with Gasteiger partial charge >= 0.3 is 6.09 Å². The first-order valence-electron chi connectivity index (χ1n) is 13.7. The number of anilines is 2. The van der Waals surface area contributed by atoms with Crippen LogP contribution in [-0.4, -0.2) is 86.2 Å². The number of ether oxygens (including phenoxy) is 3. The highest BCUT2D eigenvalue weighted by Gasteiger charge is 2.44. The van der Waals surface area contributed by atoms with Crippen molar-refractivity contribution in [1.29, 1.82) is 0 Å². The molecule has 2 aromatic heterocycles. The molecule has 3 fully saturated rings. The van der Waals surface area contributed by atoms with Gasteiger partial charge in [0.25, 0.3) is 0 Å². The zero-order chi connectivity index (χ0) is 27.2. The summed E-state index contributed by atoms with van der Waals surface area (Å²) in [5.74, 6) is 1.69. The van der Waals surface area contributed by atoms with Gasteiger partial charge in [-0.3, -0.25) is 0 Å². The predicted octanol–water partition coefficient (Wildman–Crippen LogP) is 4.59. The Hall–Kier alpha value is -3.59. The van der Waals surface area contributed by atoms with Crippen molar-refractivity contribution >= 4 is 28.5 Å². The monoisotopic (exact) mass is 531 g/mol.